The largest absolute Gasteiger partial charge is 0.302 e. The van der Waals surface area contributed by atoms with E-state index < -0.39 is 0 Å². The predicted molar refractivity (Wildman–Crippen MR) is 149 cm³/mol. The molecule has 1 aliphatic heterocycles. The first-order valence-corrected chi connectivity index (χ1v) is 13.3. The minimum absolute atomic E-state index is 0.247. The summed E-state index contributed by atoms with van der Waals surface area (Å²) in [4.78, 5) is 35.7. The summed E-state index contributed by atoms with van der Waals surface area (Å²) in [5.41, 5.74) is 2.78. The molecule has 7 heteroatoms. The van der Waals surface area contributed by atoms with Crippen molar-refractivity contribution in [1.29, 1.82) is 0 Å². The summed E-state index contributed by atoms with van der Waals surface area (Å²) in [6.07, 6.45) is 8.03. The second kappa shape index (κ2) is 12.0. The van der Waals surface area contributed by atoms with Gasteiger partial charge in [-0.1, -0.05) is 80.2 Å². The number of amides is 2. The fourth-order valence-electron chi connectivity index (χ4n) is 4.49. The highest BCUT2D eigenvalue weighted by molar-refractivity contribution is 6.42. The van der Waals surface area contributed by atoms with Crippen LogP contribution < -0.4 is 0 Å². The summed E-state index contributed by atoms with van der Waals surface area (Å²) in [5.74, 6) is -0.531. The van der Waals surface area contributed by atoms with E-state index in [0.717, 1.165) is 44.3 Å². The first-order chi connectivity index (χ1) is 17.4. The van der Waals surface area contributed by atoms with E-state index in [0.29, 0.717) is 50.9 Å². The van der Waals surface area contributed by atoms with Gasteiger partial charge in [0.15, 0.2) is 0 Å². The molecule has 1 aliphatic rings. The molecular weight excluding hydrogens is 493 g/mol. The summed E-state index contributed by atoms with van der Waals surface area (Å²) in [5, 5.41) is 1.62. The maximum Gasteiger partial charge on any atom is 0.263 e. The number of benzene rings is 2. The number of hydrogen-bond donors (Lipinski definition) is 0. The summed E-state index contributed by atoms with van der Waals surface area (Å²) in [6.45, 7) is 7.33. The molecular formula is C29H31Cl2N3O2. The highest BCUT2D eigenvalue weighted by atomic mass is 35.5. The van der Waals surface area contributed by atoms with Crippen LogP contribution >= 0.6 is 23.2 Å². The molecule has 5 nitrogen and oxygen atoms in total. The van der Waals surface area contributed by atoms with Crippen LogP contribution in [0.3, 0.4) is 0 Å². The van der Waals surface area contributed by atoms with Gasteiger partial charge >= 0.3 is 0 Å². The van der Waals surface area contributed by atoms with E-state index in [4.69, 9.17) is 28.2 Å². The van der Waals surface area contributed by atoms with E-state index in [1.54, 1.807) is 18.2 Å². The van der Waals surface area contributed by atoms with Crippen LogP contribution in [0, 0.1) is 0 Å². The maximum atomic E-state index is 13.6. The standard InChI is InChI=1S/C29H31Cl2N3O2/c1-3-5-15-33(16-6-4-2)17-18-34-28(35)26-21-9-7-8-10-24(21)32-25(27(26)29(34)36)14-12-20-11-13-22(30)23(31)19-20/h7-14,19H,3-6,15-18H2,1-2H3/b14-12+. The number of carbonyl (C=O) groups excluding carboxylic acids is 2. The number of hydrogen-bond acceptors (Lipinski definition) is 4. The number of unbranched alkanes of at least 4 members (excludes halogenated alkanes) is 2. The van der Waals surface area contributed by atoms with Crippen LogP contribution in [0.2, 0.25) is 10.0 Å². The molecule has 0 saturated carbocycles. The molecule has 0 fully saturated rings. The lowest BCUT2D eigenvalue weighted by molar-refractivity contribution is 0.0636. The van der Waals surface area contributed by atoms with Crippen molar-refractivity contribution in [3.8, 4) is 0 Å². The van der Waals surface area contributed by atoms with E-state index in [9.17, 15) is 9.59 Å². The summed E-state index contributed by atoms with van der Waals surface area (Å²) >= 11 is 12.2. The highest BCUT2D eigenvalue weighted by Gasteiger charge is 2.39. The average molecular weight is 524 g/mol. The number of nitrogens with zero attached hydrogens (tertiary/aromatic N) is 3. The van der Waals surface area contributed by atoms with Crippen molar-refractivity contribution < 1.29 is 9.59 Å². The number of halogens is 2. The molecule has 2 heterocycles. The molecule has 0 saturated heterocycles. The van der Waals surface area contributed by atoms with Gasteiger partial charge in [-0.15, -0.1) is 0 Å². The number of pyridine rings is 1. The molecule has 0 atom stereocenters. The third kappa shape index (κ3) is 5.64. The van der Waals surface area contributed by atoms with Gasteiger partial charge in [-0.05, 0) is 55.8 Å². The van der Waals surface area contributed by atoms with Crippen LogP contribution in [0.15, 0.2) is 42.5 Å². The molecule has 0 N–H and O–H groups in total. The first kappa shape index (κ1) is 26.3. The van der Waals surface area contributed by atoms with E-state index in [1.165, 1.54) is 4.90 Å². The van der Waals surface area contributed by atoms with Crippen molar-refractivity contribution >= 4 is 58.1 Å². The fraction of sp³-hybridized carbons (Fsp3) is 0.345. The summed E-state index contributed by atoms with van der Waals surface area (Å²) < 4.78 is 0. The molecule has 0 spiro atoms. The molecule has 1 aromatic heterocycles. The number of aromatic nitrogens is 1. The van der Waals surface area contributed by atoms with Crippen LogP contribution in [-0.4, -0.2) is 52.8 Å². The Hall–Kier alpha value is -2.73. The lowest BCUT2D eigenvalue weighted by Crippen LogP contribution is -2.39. The zero-order valence-corrected chi connectivity index (χ0v) is 22.3. The van der Waals surface area contributed by atoms with Crippen LogP contribution in [0.4, 0.5) is 0 Å². The summed E-state index contributed by atoms with van der Waals surface area (Å²) in [6, 6.07) is 12.8. The van der Waals surface area contributed by atoms with Crippen molar-refractivity contribution in [3.63, 3.8) is 0 Å². The van der Waals surface area contributed by atoms with Crippen LogP contribution in [0.1, 0.15) is 71.5 Å². The molecule has 0 radical (unpaired) electrons. The Balaban J connectivity index is 1.66. The Morgan fingerprint density at radius 3 is 2.25 bits per heavy atom. The van der Waals surface area contributed by atoms with E-state index in [1.807, 2.05) is 36.4 Å². The first-order valence-electron chi connectivity index (χ1n) is 12.6. The van der Waals surface area contributed by atoms with E-state index in [2.05, 4.69) is 18.7 Å². The smallest absolute Gasteiger partial charge is 0.263 e. The van der Waals surface area contributed by atoms with Gasteiger partial charge in [0.05, 0.1) is 32.4 Å². The van der Waals surface area contributed by atoms with Crippen LogP contribution in [0.5, 0.6) is 0 Å². The van der Waals surface area contributed by atoms with Crippen molar-refractivity contribution in [2.45, 2.75) is 39.5 Å². The Labute approximate surface area is 222 Å². The Morgan fingerprint density at radius 1 is 0.861 bits per heavy atom. The molecule has 2 aromatic carbocycles. The SMILES string of the molecule is CCCCN(CCCC)CCN1C(=O)c2c(/C=C/c3ccc(Cl)c(Cl)c3)nc3ccccc3c2C1=O. The maximum absolute atomic E-state index is 13.6. The topological polar surface area (TPSA) is 53.5 Å². The third-order valence-electron chi connectivity index (χ3n) is 6.51. The lowest BCUT2D eigenvalue weighted by Gasteiger charge is -2.24. The quantitative estimate of drug-likeness (QED) is 0.249. The Morgan fingerprint density at radius 2 is 1.56 bits per heavy atom. The molecule has 4 rings (SSSR count). The lowest BCUT2D eigenvalue weighted by atomic mass is 10.0. The van der Waals surface area contributed by atoms with Gasteiger partial charge in [0.1, 0.15) is 0 Å². The molecule has 3 aromatic rings. The highest BCUT2D eigenvalue weighted by Crippen LogP contribution is 2.33. The minimum Gasteiger partial charge on any atom is -0.302 e. The third-order valence-corrected chi connectivity index (χ3v) is 7.25. The van der Waals surface area contributed by atoms with Crippen molar-refractivity contribution in [1.82, 2.24) is 14.8 Å². The molecule has 2 amide bonds. The fourth-order valence-corrected chi connectivity index (χ4v) is 4.79. The Bertz CT molecular complexity index is 1300. The predicted octanol–water partition coefficient (Wildman–Crippen LogP) is 7.21. The van der Waals surface area contributed by atoms with Gasteiger partial charge in [-0.25, -0.2) is 4.98 Å². The molecule has 188 valence electrons. The zero-order chi connectivity index (χ0) is 25.7. The second-order valence-corrected chi connectivity index (χ2v) is 9.90. The van der Waals surface area contributed by atoms with Gasteiger partial charge in [-0.3, -0.25) is 14.5 Å². The van der Waals surface area contributed by atoms with Crippen LogP contribution in [0.25, 0.3) is 23.1 Å². The Kier molecular flexibility index (Phi) is 8.78. The number of rotatable bonds is 11. The van der Waals surface area contributed by atoms with E-state index >= 15 is 0 Å². The summed E-state index contributed by atoms with van der Waals surface area (Å²) in [7, 11) is 0. The molecule has 0 aliphatic carbocycles. The van der Waals surface area contributed by atoms with Crippen molar-refractivity contribution in [3.05, 3.63) is 74.9 Å². The van der Waals surface area contributed by atoms with Crippen molar-refractivity contribution in [2.75, 3.05) is 26.2 Å². The zero-order valence-electron chi connectivity index (χ0n) is 20.8. The molecule has 0 unspecified atom stereocenters. The number of fused-ring (bicyclic) bond motifs is 3. The molecule has 36 heavy (non-hydrogen) atoms. The number of carbonyl (C=O) groups is 2. The van der Waals surface area contributed by atoms with Crippen LogP contribution in [-0.2, 0) is 0 Å². The number of para-hydroxylation sites is 1. The van der Waals surface area contributed by atoms with Gasteiger partial charge in [0, 0.05) is 18.5 Å². The normalized spacial score (nSPS) is 13.5. The molecule has 0 bridgehead atoms. The number of imide groups is 1. The van der Waals surface area contributed by atoms with Gasteiger partial charge in [0.25, 0.3) is 11.8 Å². The van der Waals surface area contributed by atoms with Gasteiger partial charge in [-0.2, -0.15) is 0 Å². The van der Waals surface area contributed by atoms with Crippen molar-refractivity contribution in [2.24, 2.45) is 0 Å². The van der Waals surface area contributed by atoms with Gasteiger partial charge in [0.2, 0.25) is 0 Å². The van der Waals surface area contributed by atoms with Gasteiger partial charge < -0.3 is 4.90 Å². The monoisotopic (exact) mass is 523 g/mol. The average Bonchev–Trinajstić information content (AvgIpc) is 3.14. The minimum atomic E-state index is -0.284. The second-order valence-electron chi connectivity index (χ2n) is 9.08. The van der Waals surface area contributed by atoms with E-state index in [-0.39, 0.29) is 11.8 Å².